The van der Waals surface area contributed by atoms with E-state index in [0.717, 1.165) is 19.4 Å². The average Bonchev–Trinajstić information content (AvgIpc) is 2.42. The number of nitrogens with zero attached hydrogens (tertiary/aromatic N) is 1. The molecule has 0 radical (unpaired) electrons. The zero-order valence-electron chi connectivity index (χ0n) is 14.4. The molecule has 0 aromatic carbocycles. The van der Waals surface area contributed by atoms with E-state index >= 15 is 0 Å². The Morgan fingerprint density at radius 1 is 1.23 bits per heavy atom. The van der Waals surface area contributed by atoms with Crippen LogP contribution in [0.4, 0.5) is 0 Å². The average molecular weight is 311 g/mol. The SMILES string of the molecule is CCOC(=O)C(C(=O)OCC)[C@H]1C=C(C)CC[C@H]1CN(C)C. The molecule has 1 aliphatic carbocycles. The molecule has 5 heteroatoms. The third-order valence-electron chi connectivity index (χ3n) is 4.00. The van der Waals surface area contributed by atoms with E-state index in [1.165, 1.54) is 5.57 Å². The second-order valence-electron chi connectivity index (χ2n) is 6.13. The Hall–Kier alpha value is -1.36. The van der Waals surface area contributed by atoms with E-state index in [9.17, 15) is 9.59 Å². The molecule has 5 nitrogen and oxygen atoms in total. The molecule has 0 aromatic rings. The molecule has 0 bridgehead atoms. The number of ether oxygens (including phenoxy) is 2. The maximum Gasteiger partial charge on any atom is 0.320 e. The first-order valence-electron chi connectivity index (χ1n) is 8.05. The van der Waals surface area contributed by atoms with Gasteiger partial charge in [-0.3, -0.25) is 9.59 Å². The third kappa shape index (κ3) is 5.13. The molecule has 0 saturated heterocycles. The van der Waals surface area contributed by atoms with Gasteiger partial charge in [0.05, 0.1) is 13.2 Å². The van der Waals surface area contributed by atoms with E-state index < -0.39 is 17.9 Å². The van der Waals surface area contributed by atoms with Gasteiger partial charge in [-0.1, -0.05) is 11.6 Å². The number of hydrogen-bond donors (Lipinski definition) is 0. The molecule has 0 aliphatic heterocycles. The van der Waals surface area contributed by atoms with Gasteiger partial charge in [-0.25, -0.2) is 0 Å². The minimum absolute atomic E-state index is 0.158. The summed E-state index contributed by atoms with van der Waals surface area (Å²) in [5.41, 5.74) is 1.22. The van der Waals surface area contributed by atoms with E-state index in [1.807, 2.05) is 21.0 Å². The van der Waals surface area contributed by atoms with Crippen molar-refractivity contribution in [3.05, 3.63) is 11.6 Å². The highest BCUT2D eigenvalue weighted by molar-refractivity contribution is 5.95. The summed E-state index contributed by atoms with van der Waals surface area (Å²) in [4.78, 5) is 26.8. The lowest BCUT2D eigenvalue weighted by molar-refractivity contribution is -0.164. The van der Waals surface area contributed by atoms with Gasteiger partial charge in [0, 0.05) is 12.5 Å². The molecule has 1 rings (SSSR count). The van der Waals surface area contributed by atoms with Crippen molar-refractivity contribution in [1.82, 2.24) is 4.90 Å². The van der Waals surface area contributed by atoms with Crippen LogP contribution in [0.2, 0.25) is 0 Å². The van der Waals surface area contributed by atoms with Gasteiger partial charge in [0.25, 0.3) is 0 Å². The highest BCUT2D eigenvalue weighted by Crippen LogP contribution is 2.35. The fraction of sp³-hybridized carbons (Fsp3) is 0.765. The van der Waals surface area contributed by atoms with Crippen molar-refractivity contribution >= 4 is 11.9 Å². The Morgan fingerprint density at radius 2 is 1.77 bits per heavy atom. The Balaban J connectivity index is 3.07. The van der Waals surface area contributed by atoms with Crippen molar-refractivity contribution < 1.29 is 19.1 Å². The lowest BCUT2D eigenvalue weighted by atomic mass is 9.74. The normalized spacial score (nSPS) is 21.7. The van der Waals surface area contributed by atoms with Crippen molar-refractivity contribution in [3.8, 4) is 0 Å². The summed E-state index contributed by atoms with van der Waals surface area (Å²) in [6, 6.07) is 0. The zero-order valence-corrected chi connectivity index (χ0v) is 14.4. The fourth-order valence-electron chi connectivity index (χ4n) is 3.08. The molecule has 2 atom stereocenters. The topological polar surface area (TPSA) is 55.8 Å². The van der Waals surface area contributed by atoms with E-state index in [1.54, 1.807) is 13.8 Å². The van der Waals surface area contributed by atoms with Gasteiger partial charge >= 0.3 is 11.9 Å². The first-order chi connectivity index (χ1) is 10.4. The van der Waals surface area contributed by atoms with Crippen LogP contribution in [0.15, 0.2) is 11.6 Å². The van der Waals surface area contributed by atoms with Gasteiger partial charge < -0.3 is 14.4 Å². The summed E-state index contributed by atoms with van der Waals surface area (Å²) in [6.07, 6.45) is 4.05. The van der Waals surface area contributed by atoms with Crippen LogP contribution in [0.25, 0.3) is 0 Å². The fourth-order valence-corrected chi connectivity index (χ4v) is 3.08. The number of carbonyl (C=O) groups is 2. The Bertz CT molecular complexity index is 399. The van der Waals surface area contributed by atoms with Gasteiger partial charge in [-0.2, -0.15) is 0 Å². The molecule has 0 N–H and O–H groups in total. The van der Waals surface area contributed by atoms with E-state index in [2.05, 4.69) is 11.0 Å². The van der Waals surface area contributed by atoms with E-state index in [0.29, 0.717) is 0 Å². The second kappa shape index (κ2) is 8.93. The summed E-state index contributed by atoms with van der Waals surface area (Å²) < 4.78 is 10.3. The van der Waals surface area contributed by atoms with Crippen LogP contribution in [0.3, 0.4) is 0 Å². The maximum atomic E-state index is 12.3. The van der Waals surface area contributed by atoms with Crippen LogP contribution in [0.5, 0.6) is 0 Å². The Morgan fingerprint density at radius 3 is 2.23 bits per heavy atom. The molecule has 0 spiro atoms. The van der Waals surface area contributed by atoms with Crippen molar-refractivity contribution in [1.29, 1.82) is 0 Å². The highest BCUT2D eigenvalue weighted by atomic mass is 16.6. The molecule has 0 heterocycles. The molecule has 0 aromatic heterocycles. The van der Waals surface area contributed by atoms with Crippen molar-refractivity contribution in [2.45, 2.75) is 33.6 Å². The quantitative estimate of drug-likeness (QED) is 0.410. The van der Waals surface area contributed by atoms with Crippen molar-refractivity contribution in [2.75, 3.05) is 33.9 Å². The van der Waals surface area contributed by atoms with E-state index in [-0.39, 0.29) is 25.0 Å². The summed E-state index contributed by atoms with van der Waals surface area (Å²) in [6.45, 7) is 6.92. The van der Waals surface area contributed by atoms with Gasteiger partial charge in [0.15, 0.2) is 5.92 Å². The molecule has 0 saturated carbocycles. The molecular formula is C17H29NO4. The Labute approximate surface area is 133 Å². The van der Waals surface area contributed by atoms with Gasteiger partial charge in [0.1, 0.15) is 0 Å². The summed E-state index contributed by atoms with van der Waals surface area (Å²) in [7, 11) is 4.01. The van der Waals surface area contributed by atoms with E-state index in [4.69, 9.17) is 9.47 Å². The molecule has 0 unspecified atom stereocenters. The van der Waals surface area contributed by atoms with Gasteiger partial charge in [0.2, 0.25) is 0 Å². The minimum Gasteiger partial charge on any atom is -0.465 e. The number of esters is 2. The summed E-state index contributed by atoms with van der Waals surface area (Å²) >= 11 is 0. The number of carbonyl (C=O) groups excluding carboxylic acids is 2. The van der Waals surface area contributed by atoms with Crippen LogP contribution < -0.4 is 0 Å². The molecule has 126 valence electrons. The van der Waals surface area contributed by atoms with Gasteiger partial charge in [-0.15, -0.1) is 0 Å². The van der Waals surface area contributed by atoms with Gasteiger partial charge in [-0.05, 0) is 53.6 Å². The zero-order chi connectivity index (χ0) is 16.7. The lowest BCUT2D eigenvalue weighted by Gasteiger charge is -2.34. The van der Waals surface area contributed by atoms with Crippen LogP contribution in [-0.4, -0.2) is 50.7 Å². The largest absolute Gasteiger partial charge is 0.465 e. The van der Waals surface area contributed by atoms with Crippen LogP contribution >= 0.6 is 0 Å². The van der Waals surface area contributed by atoms with Crippen LogP contribution in [0.1, 0.15) is 33.6 Å². The highest BCUT2D eigenvalue weighted by Gasteiger charge is 2.41. The first kappa shape index (κ1) is 18.7. The Kier molecular flexibility index (Phi) is 7.59. The monoisotopic (exact) mass is 311 g/mol. The number of rotatable bonds is 7. The smallest absolute Gasteiger partial charge is 0.320 e. The summed E-state index contributed by atoms with van der Waals surface area (Å²) in [5, 5.41) is 0. The van der Waals surface area contributed by atoms with Crippen LogP contribution in [0, 0.1) is 17.8 Å². The standard InChI is InChI=1S/C17H29NO4/c1-6-21-16(19)15(17(20)22-7-2)14-10-12(3)8-9-13(14)11-18(4)5/h10,13-15H,6-9,11H2,1-5H3/t13-,14-/m0/s1. The molecule has 22 heavy (non-hydrogen) atoms. The molecular weight excluding hydrogens is 282 g/mol. The molecule has 1 aliphatic rings. The molecule has 0 amide bonds. The number of allylic oxidation sites excluding steroid dienone is 2. The number of hydrogen-bond acceptors (Lipinski definition) is 5. The first-order valence-corrected chi connectivity index (χ1v) is 8.05. The molecule has 0 fully saturated rings. The van der Waals surface area contributed by atoms with Crippen LogP contribution in [-0.2, 0) is 19.1 Å². The lowest BCUT2D eigenvalue weighted by Crippen LogP contribution is -2.41. The maximum absolute atomic E-state index is 12.3. The second-order valence-corrected chi connectivity index (χ2v) is 6.13. The predicted molar refractivity (Wildman–Crippen MR) is 85.3 cm³/mol. The van der Waals surface area contributed by atoms with Crippen molar-refractivity contribution in [3.63, 3.8) is 0 Å². The minimum atomic E-state index is -0.861. The predicted octanol–water partition coefficient (Wildman–Crippen LogP) is 2.26. The summed E-state index contributed by atoms with van der Waals surface area (Å²) in [5.74, 6) is -1.71. The third-order valence-corrected chi connectivity index (χ3v) is 4.00. The van der Waals surface area contributed by atoms with Crippen molar-refractivity contribution in [2.24, 2.45) is 17.8 Å².